The van der Waals surface area contributed by atoms with Gasteiger partial charge in [0, 0.05) is 5.39 Å². The maximum absolute atomic E-state index is 12.8. The number of carbonyl (C=O) groups excluding carboxylic acids is 1. The number of benzene rings is 2. The largest absolute Gasteiger partial charge is 0.493 e. The molecule has 1 unspecified atom stereocenters. The molecule has 0 amide bonds. The molecule has 1 atom stereocenters. The minimum Gasteiger partial charge on any atom is -0.493 e. The highest BCUT2D eigenvalue weighted by Gasteiger charge is 2.37. The topological polar surface area (TPSA) is 94.6 Å². The lowest BCUT2D eigenvalue weighted by atomic mass is 9.81. The van der Waals surface area contributed by atoms with Crippen molar-refractivity contribution in [3.63, 3.8) is 0 Å². The van der Waals surface area contributed by atoms with Crippen LogP contribution in [0.15, 0.2) is 59.2 Å². The van der Waals surface area contributed by atoms with Crippen LogP contribution in [-0.4, -0.2) is 19.2 Å². The number of nitrogens with two attached hydrogens (primary N) is 1. The van der Waals surface area contributed by atoms with E-state index >= 15 is 0 Å². The molecule has 0 saturated carbocycles. The molecule has 3 rings (SSSR count). The molecule has 30 heavy (non-hydrogen) atoms. The molecule has 2 aromatic rings. The first-order valence-electron chi connectivity index (χ1n) is 9.98. The van der Waals surface area contributed by atoms with Gasteiger partial charge in [-0.05, 0) is 36.8 Å². The van der Waals surface area contributed by atoms with Crippen LogP contribution in [0.4, 0.5) is 0 Å². The van der Waals surface area contributed by atoms with E-state index in [-0.39, 0.29) is 23.6 Å². The van der Waals surface area contributed by atoms with Crippen molar-refractivity contribution in [3.05, 3.63) is 64.8 Å². The molecule has 0 radical (unpaired) electrons. The number of hydrogen-bond acceptors (Lipinski definition) is 6. The number of fused-ring (bicyclic) bond motifs is 1. The number of esters is 1. The average molecular weight is 406 g/mol. The molecule has 0 fully saturated rings. The first-order valence-corrected chi connectivity index (χ1v) is 9.98. The zero-order chi connectivity index (χ0) is 21.8. The van der Waals surface area contributed by atoms with E-state index in [1.807, 2.05) is 36.4 Å². The van der Waals surface area contributed by atoms with Crippen LogP contribution in [0, 0.1) is 17.2 Å². The second-order valence-electron chi connectivity index (χ2n) is 7.52. The summed E-state index contributed by atoms with van der Waals surface area (Å²) in [5, 5.41) is 11.6. The molecule has 2 aromatic carbocycles. The smallest absolute Gasteiger partial charge is 0.338 e. The fraction of sp³-hybridized carbons (Fsp3) is 0.333. The Morgan fingerprint density at radius 3 is 2.57 bits per heavy atom. The predicted molar refractivity (Wildman–Crippen MR) is 114 cm³/mol. The van der Waals surface area contributed by atoms with Crippen molar-refractivity contribution in [2.24, 2.45) is 11.7 Å². The Hall–Kier alpha value is -3.46. The monoisotopic (exact) mass is 406 g/mol. The Morgan fingerprint density at radius 1 is 1.23 bits per heavy atom. The van der Waals surface area contributed by atoms with E-state index in [4.69, 9.17) is 19.9 Å². The molecule has 0 bridgehead atoms. The molecule has 6 heteroatoms. The summed E-state index contributed by atoms with van der Waals surface area (Å²) in [5.41, 5.74) is 7.26. The van der Waals surface area contributed by atoms with E-state index in [1.165, 1.54) is 0 Å². The SMILES string of the molecule is CCOC(=O)C1=C(C)OC(N)=C(C#N)C1c1ccc(OCC(C)C)c2ccccc12. The van der Waals surface area contributed by atoms with Crippen LogP contribution < -0.4 is 10.5 Å². The summed E-state index contributed by atoms with van der Waals surface area (Å²) in [7, 11) is 0. The second kappa shape index (κ2) is 8.91. The third kappa shape index (κ3) is 3.97. The van der Waals surface area contributed by atoms with Gasteiger partial charge in [0.1, 0.15) is 23.2 Å². The molecule has 1 aliphatic rings. The van der Waals surface area contributed by atoms with Gasteiger partial charge in [0.15, 0.2) is 0 Å². The highest BCUT2D eigenvalue weighted by atomic mass is 16.5. The Labute approximate surface area is 176 Å². The molecule has 0 spiro atoms. The summed E-state index contributed by atoms with van der Waals surface area (Å²) in [5.74, 6) is 0.254. The van der Waals surface area contributed by atoms with E-state index in [2.05, 4.69) is 19.9 Å². The summed E-state index contributed by atoms with van der Waals surface area (Å²) in [6.07, 6.45) is 0. The summed E-state index contributed by atoms with van der Waals surface area (Å²) < 4.78 is 16.8. The Bertz CT molecular complexity index is 1080. The molecular formula is C24H26N2O4. The van der Waals surface area contributed by atoms with Gasteiger partial charge in [0.25, 0.3) is 0 Å². The summed E-state index contributed by atoms with van der Waals surface area (Å²) in [6.45, 7) is 8.37. The maximum Gasteiger partial charge on any atom is 0.338 e. The standard InChI is InChI=1S/C24H26N2O4/c1-5-28-24(27)21-15(4)30-23(26)19(12-25)22(21)18-10-11-20(29-13-14(2)3)17-9-7-6-8-16(17)18/h6-11,14,22H,5,13,26H2,1-4H3. The van der Waals surface area contributed by atoms with Crippen molar-refractivity contribution in [2.75, 3.05) is 13.2 Å². The van der Waals surface area contributed by atoms with Crippen LogP contribution in [0.25, 0.3) is 10.8 Å². The van der Waals surface area contributed by atoms with Crippen LogP contribution >= 0.6 is 0 Å². The second-order valence-corrected chi connectivity index (χ2v) is 7.52. The van der Waals surface area contributed by atoms with Crippen LogP contribution in [0.5, 0.6) is 5.75 Å². The highest BCUT2D eigenvalue weighted by Crippen LogP contribution is 2.43. The number of ether oxygens (including phenoxy) is 3. The van der Waals surface area contributed by atoms with Crippen LogP contribution in [0.1, 0.15) is 39.2 Å². The third-order valence-corrected chi connectivity index (χ3v) is 4.90. The van der Waals surface area contributed by atoms with Crippen molar-refractivity contribution in [3.8, 4) is 11.8 Å². The first-order chi connectivity index (χ1) is 14.4. The fourth-order valence-electron chi connectivity index (χ4n) is 3.59. The molecular weight excluding hydrogens is 380 g/mol. The van der Waals surface area contributed by atoms with E-state index in [9.17, 15) is 10.1 Å². The van der Waals surface area contributed by atoms with Crippen molar-refractivity contribution in [2.45, 2.75) is 33.6 Å². The van der Waals surface area contributed by atoms with Gasteiger partial charge in [-0.3, -0.25) is 0 Å². The minimum atomic E-state index is -0.688. The van der Waals surface area contributed by atoms with Crippen molar-refractivity contribution in [1.29, 1.82) is 5.26 Å². The van der Waals surface area contributed by atoms with Crippen molar-refractivity contribution in [1.82, 2.24) is 0 Å². The highest BCUT2D eigenvalue weighted by molar-refractivity contribution is 5.97. The Balaban J connectivity index is 2.22. The van der Waals surface area contributed by atoms with Gasteiger partial charge >= 0.3 is 5.97 Å². The lowest BCUT2D eigenvalue weighted by Crippen LogP contribution is -2.25. The lowest BCUT2D eigenvalue weighted by Gasteiger charge is -2.28. The lowest BCUT2D eigenvalue weighted by molar-refractivity contribution is -0.139. The minimum absolute atomic E-state index is 0.00253. The number of hydrogen-bond donors (Lipinski definition) is 1. The van der Waals surface area contributed by atoms with E-state index in [0.29, 0.717) is 18.3 Å². The number of rotatable bonds is 6. The molecule has 1 heterocycles. The van der Waals surface area contributed by atoms with Gasteiger partial charge in [0.05, 0.1) is 24.7 Å². The molecule has 0 saturated heterocycles. The van der Waals surface area contributed by atoms with Crippen LogP contribution in [-0.2, 0) is 14.3 Å². The molecule has 1 aliphatic heterocycles. The van der Waals surface area contributed by atoms with E-state index in [0.717, 1.165) is 22.1 Å². The first kappa shape index (κ1) is 21.3. The van der Waals surface area contributed by atoms with Gasteiger partial charge in [-0.2, -0.15) is 5.26 Å². The van der Waals surface area contributed by atoms with Crippen LogP contribution in [0.3, 0.4) is 0 Å². The molecule has 156 valence electrons. The summed E-state index contributed by atoms with van der Waals surface area (Å²) in [6, 6.07) is 13.6. The van der Waals surface area contributed by atoms with Crippen molar-refractivity contribution < 1.29 is 19.0 Å². The summed E-state index contributed by atoms with van der Waals surface area (Å²) in [4.78, 5) is 12.8. The van der Waals surface area contributed by atoms with Gasteiger partial charge in [-0.15, -0.1) is 0 Å². The van der Waals surface area contributed by atoms with Gasteiger partial charge in [-0.25, -0.2) is 4.79 Å². The predicted octanol–water partition coefficient (Wildman–Crippen LogP) is 4.52. The quantitative estimate of drug-likeness (QED) is 0.709. The third-order valence-electron chi connectivity index (χ3n) is 4.90. The van der Waals surface area contributed by atoms with Gasteiger partial charge < -0.3 is 19.9 Å². The van der Waals surface area contributed by atoms with Gasteiger partial charge in [-0.1, -0.05) is 44.2 Å². The maximum atomic E-state index is 12.8. The molecule has 2 N–H and O–H groups in total. The Kier molecular flexibility index (Phi) is 6.31. The van der Waals surface area contributed by atoms with E-state index < -0.39 is 11.9 Å². The Morgan fingerprint density at radius 2 is 1.93 bits per heavy atom. The fourth-order valence-corrected chi connectivity index (χ4v) is 3.59. The zero-order valence-corrected chi connectivity index (χ0v) is 17.7. The summed E-state index contributed by atoms with van der Waals surface area (Å²) >= 11 is 0. The molecule has 0 aliphatic carbocycles. The molecule has 6 nitrogen and oxygen atoms in total. The zero-order valence-electron chi connectivity index (χ0n) is 17.7. The average Bonchev–Trinajstić information content (AvgIpc) is 2.71. The molecule has 0 aromatic heterocycles. The van der Waals surface area contributed by atoms with E-state index in [1.54, 1.807) is 13.8 Å². The number of nitriles is 1. The number of allylic oxidation sites excluding steroid dienone is 2. The number of carbonyl (C=O) groups is 1. The van der Waals surface area contributed by atoms with Crippen molar-refractivity contribution >= 4 is 16.7 Å². The van der Waals surface area contributed by atoms with Crippen LogP contribution in [0.2, 0.25) is 0 Å². The normalized spacial score (nSPS) is 16.5. The number of nitrogens with zero attached hydrogens (tertiary/aromatic N) is 1. The van der Waals surface area contributed by atoms with Gasteiger partial charge in [0.2, 0.25) is 5.88 Å².